The molecule has 0 saturated carbocycles. The zero-order valence-electron chi connectivity index (χ0n) is 14.3. The van der Waals surface area contributed by atoms with E-state index in [4.69, 9.17) is 4.74 Å². The Morgan fingerprint density at radius 2 is 1.89 bits per heavy atom. The Kier molecular flexibility index (Phi) is 4.66. The van der Waals surface area contributed by atoms with Crippen LogP contribution in [0.1, 0.15) is 10.5 Å². The Bertz CT molecular complexity index is 968. The van der Waals surface area contributed by atoms with Gasteiger partial charge >= 0.3 is 0 Å². The molecule has 4 rings (SSSR count). The second-order valence-corrected chi connectivity index (χ2v) is 5.76. The van der Waals surface area contributed by atoms with Gasteiger partial charge in [0, 0.05) is 25.5 Å². The van der Waals surface area contributed by atoms with Crippen LogP contribution in [0.25, 0.3) is 17.3 Å². The van der Waals surface area contributed by atoms with Crippen LogP contribution in [-0.2, 0) is 9.53 Å². The maximum atomic E-state index is 12.4. The number of ether oxygens (including phenoxy) is 1. The van der Waals surface area contributed by atoms with Crippen LogP contribution in [0.15, 0.2) is 30.6 Å². The fourth-order valence-electron chi connectivity index (χ4n) is 2.63. The predicted octanol–water partition coefficient (Wildman–Crippen LogP) is -0.830. The lowest BCUT2D eigenvalue weighted by Crippen LogP contribution is -2.45. The minimum atomic E-state index is -0.466. The highest BCUT2D eigenvalue weighted by Crippen LogP contribution is 2.12. The number of nitrogens with zero attached hydrogens (tertiary/aromatic N) is 7. The predicted molar refractivity (Wildman–Crippen MR) is 91.5 cm³/mol. The number of carbonyl (C=O) groups excluding carboxylic acids is 2. The third-order valence-electron chi connectivity index (χ3n) is 4.03. The van der Waals surface area contributed by atoms with Gasteiger partial charge in [-0.25, -0.2) is 9.97 Å². The molecule has 0 radical (unpaired) electrons. The molecule has 3 aromatic heterocycles. The van der Waals surface area contributed by atoms with E-state index >= 15 is 0 Å². The summed E-state index contributed by atoms with van der Waals surface area (Å²) in [5.74, 6) is 0.0461. The van der Waals surface area contributed by atoms with Gasteiger partial charge < -0.3 is 15.0 Å². The van der Waals surface area contributed by atoms with Crippen LogP contribution in [-0.4, -0.2) is 79.3 Å². The van der Waals surface area contributed by atoms with Gasteiger partial charge in [-0.3, -0.25) is 9.59 Å². The molecule has 0 aliphatic carbocycles. The summed E-state index contributed by atoms with van der Waals surface area (Å²) in [6.45, 7) is 1.97. The first-order chi connectivity index (χ1) is 13.2. The molecule has 1 aliphatic heterocycles. The number of aromatic nitrogens is 6. The molecule has 4 heterocycles. The molecule has 0 atom stereocenters. The third-order valence-corrected chi connectivity index (χ3v) is 4.03. The summed E-state index contributed by atoms with van der Waals surface area (Å²) in [5.41, 5.74) is 0.590. The Morgan fingerprint density at radius 3 is 2.67 bits per heavy atom. The van der Waals surface area contributed by atoms with Gasteiger partial charge in [-0.05, 0) is 18.2 Å². The number of amides is 2. The molecule has 0 unspecified atom stereocenters. The minimum absolute atomic E-state index is 0.102. The molecule has 11 nitrogen and oxygen atoms in total. The van der Waals surface area contributed by atoms with E-state index < -0.39 is 5.91 Å². The third kappa shape index (κ3) is 3.58. The van der Waals surface area contributed by atoms with Crippen molar-refractivity contribution in [1.29, 1.82) is 0 Å². The molecule has 3 aromatic rings. The second-order valence-electron chi connectivity index (χ2n) is 5.76. The van der Waals surface area contributed by atoms with Gasteiger partial charge in [-0.1, -0.05) is 0 Å². The molecular weight excluding hydrogens is 352 g/mol. The van der Waals surface area contributed by atoms with Gasteiger partial charge in [0.05, 0.1) is 19.8 Å². The summed E-state index contributed by atoms with van der Waals surface area (Å²) in [4.78, 5) is 34.4. The largest absolute Gasteiger partial charge is 0.378 e. The van der Waals surface area contributed by atoms with Crippen molar-refractivity contribution in [2.75, 3.05) is 32.8 Å². The van der Waals surface area contributed by atoms with E-state index in [1.165, 1.54) is 10.6 Å². The van der Waals surface area contributed by atoms with E-state index in [1.807, 2.05) is 0 Å². The van der Waals surface area contributed by atoms with E-state index in [9.17, 15) is 9.59 Å². The van der Waals surface area contributed by atoms with Crippen LogP contribution < -0.4 is 5.32 Å². The topological polar surface area (TPSA) is 128 Å². The maximum Gasteiger partial charge on any atom is 0.272 e. The molecule has 1 aliphatic rings. The van der Waals surface area contributed by atoms with E-state index in [0.29, 0.717) is 43.6 Å². The highest BCUT2D eigenvalue weighted by molar-refractivity contribution is 5.94. The Balaban J connectivity index is 1.49. The van der Waals surface area contributed by atoms with Crippen LogP contribution in [0.5, 0.6) is 0 Å². The van der Waals surface area contributed by atoms with Gasteiger partial charge in [0.1, 0.15) is 5.69 Å². The Morgan fingerprint density at radius 1 is 1.11 bits per heavy atom. The number of morpholine rings is 1. The van der Waals surface area contributed by atoms with Crippen molar-refractivity contribution < 1.29 is 14.3 Å². The lowest BCUT2D eigenvalue weighted by molar-refractivity contribution is -0.134. The fraction of sp³-hybridized carbons (Fsp3) is 0.312. The van der Waals surface area contributed by atoms with Crippen molar-refractivity contribution >= 4 is 17.5 Å². The van der Waals surface area contributed by atoms with E-state index in [1.54, 1.807) is 29.4 Å². The minimum Gasteiger partial charge on any atom is -0.378 e. The number of carbonyl (C=O) groups is 2. The highest BCUT2D eigenvalue weighted by Gasteiger charge is 2.19. The summed E-state index contributed by atoms with van der Waals surface area (Å²) in [5, 5.41) is 14.9. The zero-order valence-corrected chi connectivity index (χ0v) is 14.3. The van der Waals surface area contributed by atoms with Crippen molar-refractivity contribution in [3.63, 3.8) is 0 Å². The summed E-state index contributed by atoms with van der Waals surface area (Å²) < 4.78 is 6.61. The van der Waals surface area contributed by atoms with E-state index in [2.05, 4.69) is 30.6 Å². The summed E-state index contributed by atoms with van der Waals surface area (Å²) in [6.07, 6.45) is 3.16. The van der Waals surface area contributed by atoms with Crippen molar-refractivity contribution in [3.8, 4) is 11.6 Å². The van der Waals surface area contributed by atoms with Gasteiger partial charge in [0.25, 0.3) is 5.91 Å². The molecule has 0 spiro atoms. The quantitative estimate of drug-likeness (QED) is 0.632. The van der Waals surface area contributed by atoms with Gasteiger partial charge in [0.15, 0.2) is 11.5 Å². The molecule has 1 saturated heterocycles. The Hall–Kier alpha value is -3.47. The van der Waals surface area contributed by atoms with Crippen LogP contribution in [0.3, 0.4) is 0 Å². The molecule has 1 fully saturated rings. The number of rotatable bonds is 4. The van der Waals surface area contributed by atoms with Crippen LogP contribution in [0.2, 0.25) is 0 Å². The number of fused-ring (bicyclic) bond motifs is 1. The van der Waals surface area contributed by atoms with Crippen LogP contribution in [0.4, 0.5) is 0 Å². The lowest BCUT2D eigenvalue weighted by atomic mass is 10.3. The van der Waals surface area contributed by atoms with Crippen LogP contribution in [0, 0.1) is 0 Å². The normalized spacial score (nSPS) is 14.3. The molecule has 2 amide bonds. The summed E-state index contributed by atoms with van der Waals surface area (Å²) in [7, 11) is 0. The zero-order chi connectivity index (χ0) is 18.6. The van der Waals surface area contributed by atoms with Crippen molar-refractivity contribution in [2.24, 2.45) is 0 Å². The van der Waals surface area contributed by atoms with Gasteiger partial charge in [0.2, 0.25) is 11.7 Å². The number of hydrogen-bond donors (Lipinski definition) is 1. The van der Waals surface area contributed by atoms with E-state index in [0.717, 1.165) is 0 Å². The summed E-state index contributed by atoms with van der Waals surface area (Å²) in [6, 6.07) is 4.82. The Labute approximate surface area is 153 Å². The van der Waals surface area contributed by atoms with Crippen molar-refractivity contribution in [2.45, 2.75) is 0 Å². The lowest BCUT2D eigenvalue weighted by Gasteiger charge is -2.26. The summed E-state index contributed by atoms with van der Waals surface area (Å²) >= 11 is 0. The average molecular weight is 368 g/mol. The molecular formula is C16H16N8O3. The van der Waals surface area contributed by atoms with Gasteiger partial charge in [-0.2, -0.15) is 9.61 Å². The highest BCUT2D eigenvalue weighted by atomic mass is 16.5. The van der Waals surface area contributed by atoms with Gasteiger partial charge in [-0.15, -0.1) is 10.2 Å². The van der Waals surface area contributed by atoms with Crippen molar-refractivity contribution in [1.82, 2.24) is 40.0 Å². The molecule has 1 N–H and O–H groups in total. The molecule has 0 aromatic carbocycles. The molecule has 0 bridgehead atoms. The number of nitrogens with one attached hydrogen (secondary N) is 1. The molecule has 11 heteroatoms. The van der Waals surface area contributed by atoms with Crippen molar-refractivity contribution in [3.05, 3.63) is 36.3 Å². The van der Waals surface area contributed by atoms with E-state index in [-0.39, 0.29) is 18.1 Å². The first-order valence-electron chi connectivity index (χ1n) is 8.36. The van der Waals surface area contributed by atoms with Crippen LogP contribution >= 0.6 is 0 Å². The smallest absolute Gasteiger partial charge is 0.272 e. The second kappa shape index (κ2) is 7.41. The average Bonchev–Trinajstić information content (AvgIpc) is 3.16. The standard InChI is InChI=1S/C16H16N8O3/c25-13(23-6-8-27-9-7-23)10-19-16(26)11-2-3-12-20-21-15(24(12)22-11)14-17-4-1-5-18-14/h1-5H,6-10H2,(H,19,26). The maximum absolute atomic E-state index is 12.4. The first-order valence-corrected chi connectivity index (χ1v) is 8.36. The first kappa shape index (κ1) is 17.0. The monoisotopic (exact) mass is 368 g/mol. The molecule has 138 valence electrons. The molecule has 27 heavy (non-hydrogen) atoms. The SMILES string of the molecule is O=C(NCC(=O)N1CCOCC1)c1ccc2nnc(-c3ncccn3)n2n1. The number of hydrogen-bond acceptors (Lipinski definition) is 8. The fourth-order valence-corrected chi connectivity index (χ4v) is 2.63.